The van der Waals surface area contributed by atoms with Crippen molar-refractivity contribution in [3.05, 3.63) is 77.4 Å². The highest BCUT2D eigenvalue weighted by Crippen LogP contribution is 2.29. The van der Waals surface area contributed by atoms with E-state index in [9.17, 15) is 14.4 Å². The Hall–Kier alpha value is -3.87. The third kappa shape index (κ3) is 9.57. The molecular weight excluding hydrogens is 550 g/mol. The highest BCUT2D eigenvalue weighted by molar-refractivity contribution is 6.00. The number of ether oxygens (including phenoxy) is 1. The molecule has 0 aliphatic rings. The summed E-state index contributed by atoms with van der Waals surface area (Å²) in [5, 5.41) is 8.06. The van der Waals surface area contributed by atoms with E-state index in [-0.39, 0.29) is 17.7 Å². The molecule has 7 heteroatoms. The van der Waals surface area contributed by atoms with Crippen molar-refractivity contribution in [2.75, 3.05) is 11.9 Å². The Labute approximate surface area is 263 Å². The number of carbonyl (C=O) groups is 3. The zero-order valence-corrected chi connectivity index (χ0v) is 27.8. The Morgan fingerprint density at radius 1 is 0.864 bits per heavy atom. The van der Waals surface area contributed by atoms with E-state index >= 15 is 0 Å². The summed E-state index contributed by atoms with van der Waals surface area (Å²) in [7, 11) is 0. The fourth-order valence-corrected chi connectivity index (χ4v) is 5.26. The molecule has 0 spiro atoms. The van der Waals surface area contributed by atoms with Gasteiger partial charge in [0.2, 0.25) is 5.91 Å². The van der Waals surface area contributed by atoms with Crippen LogP contribution < -0.4 is 10.6 Å². The highest BCUT2D eigenvalue weighted by atomic mass is 16.6. The van der Waals surface area contributed by atoms with Gasteiger partial charge in [0, 0.05) is 12.2 Å². The maximum Gasteiger partial charge on any atom is 0.408 e. The van der Waals surface area contributed by atoms with Gasteiger partial charge in [-0.1, -0.05) is 95.0 Å². The number of alkyl carbamates (subject to hydrolysis) is 1. The lowest BCUT2D eigenvalue weighted by atomic mass is 9.94. The molecule has 3 unspecified atom stereocenters. The summed E-state index contributed by atoms with van der Waals surface area (Å²) in [4.78, 5) is 43.5. The smallest absolute Gasteiger partial charge is 0.408 e. The van der Waals surface area contributed by atoms with Crippen molar-refractivity contribution in [3.63, 3.8) is 0 Å². The second-order valence-corrected chi connectivity index (χ2v) is 12.9. The number of carbonyl (C=O) groups excluding carboxylic acids is 3. The van der Waals surface area contributed by atoms with Gasteiger partial charge in [-0.2, -0.15) is 0 Å². The number of aryl methyl sites for hydroxylation is 2. The molecule has 3 atom stereocenters. The lowest BCUT2D eigenvalue weighted by molar-refractivity contribution is -0.142. The van der Waals surface area contributed by atoms with E-state index in [2.05, 4.69) is 17.6 Å². The molecule has 2 N–H and O–H groups in total. The van der Waals surface area contributed by atoms with E-state index in [1.54, 1.807) is 25.7 Å². The van der Waals surface area contributed by atoms with Gasteiger partial charge in [0.25, 0.3) is 5.91 Å². The standard InChI is InChI=1S/C37H51N3O4/c1-9-11-12-15-22-40(35(42)32(25(3)10-2)39-36(43)44-37(6,7)8)33(30-19-18-26(4)27(5)23-30)34(41)38-31-21-20-28-16-13-14-17-29(28)24-31/h13-14,16-21,23-25,32-33H,9-12,15,22H2,1-8H3,(H,38,41)(H,39,43). The van der Waals surface area contributed by atoms with E-state index in [4.69, 9.17) is 4.74 Å². The quantitative estimate of drug-likeness (QED) is 0.192. The minimum absolute atomic E-state index is 0.183. The van der Waals surface area contributed by atoms with E-state index in [1.165, 1.54) is 0 Å². The summed E-state index contributed by atoms with van der Waals surface area (Å²) in [5.74, 6) is -0.775. The molecule has 0 saturated heterocycles. The molecule has 0 aromatic heterocycles. The van der Waals surface area contributed by atoms with Crippen molar-refractivity contribution in [2.24, 2.45) is 5.92 Å². The van der Waals surface area contributed by atoms with E-state index in [1.807, 2.05) is 88.4 Å². The first-order valence-corrected chi connectivity index (χ1v) is 16.0. The first-order valence-electron chi connectivity index (χ1n) is 16.0. The third-order valence-corrected chi connectivity index (χ3v) is 8.11. The van der Waals surface area contributed by atoms with E-state index < -0.39 is 23.8 Å². The molecule has 0 aliphatic carbocycles. The number of hydrogen-bond acceptors (Lipinski definition) is 4. The number of nitrogens with one attached hydrogen (secondary N) is 2. The normalized spacial score (nSPS) is 13.5. The summed E-state index contributed by atoms with van der Waals surface area (Å²) < 4.78 is 5.54. The van der Waals surface area contributed by atoms with Gasteiger partial charge in [-0.3, -0.25) is 9.59 Å². The van der Waals surface area contributed by atoms with Crippen molar-refractivity contribution < 1.29 is 19.1 Å². The molecule has 3 amide bonds. The molecule has 0 radical (unpaired) electrons. The lowest BCUT2D eigenvalue weighted by Gasteiger charge is -2.36. The van der Waals surface area contributed by atoms with Gasteiger partial charge in [-0.25, -0.2) is 4.79 Å². The Morgan fingerprint density at radius 3 is 2.20 bits per heavy atom. The van der Waals surface area contributed by atoms with Crippen molar-refractivity contribution in [1.29, 1.82) is 0 Å². The van der Waals surface area contributed by atoms with Gasteiger partial charge < -0.3 is 20.3 Å². The summed E-state index contributed by atoms with van der Waals surface area (Å²) in [6.07, 6.45) is 3.76. The van der Waals surface area contributed by atoms with Crippen LogP contribution in [0.15, 0.2) is 60.7 Å². The van der Waals surface area contributed by atoms with Crippen LogP contribution >= 0.6 is 0 Å². The van der Waals surface area contributed by atoms with E-state index in [0.717, 1.165) is 53.1 Å². The van der Waals surface area contributed by atoms with Crippen LogP contribution in [0, 0.1) is 19.8 Å². The number of nitrogens with zero attached hydrogens (tertiary/aromatic N) is 1. The van der Waals surface area contributed by atoms with Crippen molar-refractivity contribution in [1.82, 2.24) is 10.2 Å². The van der Waals surface area contributed by atoms with E-state index in [0.29, 0.717) is 18.7 Å². The second kappa shape index (κ2) is 15.7. The van der Waals surface area contributed by atoms with Gasteiger partial charge in [-0.15, -0.1) is 0 Å². The van der Waals surface area contributed by atoms with Crippen LogP contribution in [0.5, 0.6) is 0 Å². The summed E-state index contributed by atoms with van der Waals surface area (Å²) in [6, 6.07) is 18.0. The SMILES string of the molecule is CCCCCCN(C(=O)C(NC(=O)OC(C)(C)C)C(C)CC)C(C(=O)Nc1ccc2ccccc2c1)c1ccc(C)c(C)c1. The molecule has 0 heterocycles. The molecular formula is C37H51N3O4. The number of anilines is 1. The molecule has 0 fully saturated rings. The molecule has 3 aromatic carbocycles. The van der Waals surface area contributed by atoms with Crippen molar-refractivity contribution in [2.45, 2.75) is 105 Å². The van der Waals surface area contributed by atoms with Crippen molar-refractivity contribution in [3.8, 4) is 0 Å². The van der Waals surface area contributed by atoms with Crippen LogP contribution in [0.25, 0.3) is 10.8 Å². The van der Waals surface area contributed by atoms with Crippen LogP contribution in [0.2, 0.25) is 0 Å². The number of unbranched alkanes of at least 4 members (excludes halogenated alkanes) is 3. The fourth-order valence-electron chi connectivity index (χ4n) is 5.26. The third-order valence-electron chi connectivity index (χ3n) is 8.11. The van der Waals surface area contributed by atoms with Crippen LogP contribution in [-0.2, 0) is 14.3 Å². The Morgan fingerprint density at radius 2 is 1.57 bits per heavy atom. The molecule has 238 valence electrons. The zero-order chi connectivity index (χ0) is 32.4. The van der Waals surface area contributed by atoms with Crippen LogP contribution in [0.3, 0.4) is 0 Å². The summed E-state index contributed by atoms with van der Waals surface area (Å²) in [6.45, 7) is 15.9. The predicted octanol–water partition coefficient (Wildman–Crippen LogP) is 8.48. The van der Waals surface area contributed by atoms with Crippen LogP contribution in [0.4, 0.5) is 10.5 Å². The highest BCUT2D eigenvalue weighted by Gasteiger charge is 2.38. The maximum absolute atomic E-state index is 14.6. The molecule has 7 nitrogen and oxygen atoms in total. The molecule has 0 saturated carbocycles. The average molecular weight is 602 g/mol. The number of amides is 3. The topological polar surface area (TPSA) is 87.7 Å². The predicted molar refractivity (Wildman–Crippen MR) is 180 cm³/mol. The minimum Gasteiger partial charge on any atom is -0.444 e. The molecule has 0 aliphatic heterocycles. The number of rotatable bonds is 13. The maximum atomic E-state index is 14.6. The minimum atomic E-state index is -0.901. The average Bonchev–Trinajstić information content (AvgIpc) is 2.97. The largest absolute Gasteiger partial charge is 0.444 e. The second-order valence-electron chi connectivity index (χ2n) is 12.9. The fraction of sp³-hybridized carbons (Fsp3) is 0.486. The zero-order valence-electron chi connectivity index (χ0n) is 27.8. The first-order chi connectivity index (χ1) is 20.8. The van der Waals surface area contributed by atoms with Gasteiger partial charge in [0.05, 0.1) is 0 Å². The Balaban J connectivity index is 2.07. The number of hydrogen-bond donors (Lipinski definition) is 2. The van der Waals surface area contributed by atoms with Crippen LogP contribution in [0.1, 0.15) is 96.4 Å². The number of fused-ring (bicyclic) bond motifs is 1. The van der Waals surface area contributed by atoms with Gasteiger partial charge in [0.1, 0.15) is 17.7 Å². The van der Waals surface area contributed by atoms with Gasteiger partial charge >= 0.3 is 6.09 Å². The van der Waals surface area contributed by atoms with Crippen molar-refractivity contribution >= 4 is 34.4 Å². The first kappa shape index (κ1) is 34.6. The molecule has 3 rings (SSSR count). The Kier molecular flexibility index (Phi) is 12.4. The summed E-state index contributed by atoms with van der Waals surface area (Å²) >= 11 is 0. The van der Waals surface area contributed by atoms with Gasteiger partial charge in [0.15, 0.2) is 0 Å². The molecule has 3 aromatic rings. The summed E-state index contributed by atoms with van der Waals surface area (Å²) in [5.41, 5.74) is 2.82. The number of benzene rings is 3. The monoisotopic (exact) mass is 601 g/mol. The van der Waals surface area contributed by atoms with Gasteiger partial charge in [-0.05, 0) is 86.6 Å². The van der Waals surface area contributed by atoms with Crippen LogP contribution in [-0.4, -0.2) is 41.0 Å². The lowest BCUT2D eigenvalue weighted by Crippen LogP contribution is -2.55. The molecule has 0 bridgehead atoms. The Bertz CT molecular complexity index is 1430. The molecule has 44 heavy (non-hydrogen) atoms.